The zero-order chi connectivity index (χ0) is 10.2. The summed E-state index contributed by atoms with van der Waals surface area (Å²) < 4.78 is 0. The van der Waals surface area contributed by atoms with Crippen LogP contribution in [0.1, 0.15) is 64.2 Å². The molecule has 0 spiro atoms. The second kappa shape index (κ2) is 7.24. The highest BCUT2D eigenvalue weighted by Gasteiger charge is 2.12. The van der Waals surface area contributed by atoms with E-state index in [4.69, 9.17) is 11.5 Å². The average molecular weight is 198 g/mol. The van der Waals surface area contributed by atoms with Gasteiger partial charge in [-0.2, -0.15) is 0 Å². The molecule has 2 unspecified atom stereocenters. The van der Waals surface area contributed by atoms with Crippen LogP contribution in [0.2, 0.25) is 0 Å². The smallest absolute Gasteiger partial charge is 0.0192 e. The van der Waals surface area contributed by atoms with Crippen molar-refractivity contribution in [1.82, 2.24) is 0 Å². The Balaban J connectivity index is 2.23. The lowest BCUT2D eigenvalue weighted by atomic mass is 9.95. The molecular weight excluding hydrogens is 172 g/mol. The molecule has 84 valence electrons. The van der Waals surface area contributed by atoms with Gasteiger partial charge in [0.25, 0.3) is 0 Å². The van der Waals surface area contributed by atoms with Crippen LogP contribution in [0.25, 0.3) is 0 Å². The Hall–Kier alpha value is -0.0800. The van der Waals surface area contributed by atoms with Gasteiger partial charge in [-0.15, -0.1) is 0 Å². The Morgan fingerprint density at radius 1 is 0.500 bits per heavy atom. The minimum atomic E-state index is 0.245. The molecule has 0 radical (unpaired) electrons. The van der Waals surface area contributed by atoms with Crippen molar-refractivity contribution < 1.29 is 0 Å². The van der Waals surface area contributed by atoms with Crippen LogP contribution >= 0.6 is 0 Å². The molecule has 0 aromatic heterocycles. The quantitative estimate of drug-likeness (QED) is 0.628. The summed E-state index contributed by atoms with van der Waals surface area (Å²) in [5.41, 5.74) is 12.1. The van der Waals surface area contributed by atoms with E-state index in [1.54, 1.807) is 0 Å². The first-order valence-electron chi connectivity index (χ1n) is 6.32. The SMILES string of the molecule is NC1CCCCCCCCCCC1N. The van der Waals surface area contributed by atoms with E-state index in [0.717, 1.165) is 12.8 Å². The zero-order valence-corrected chi connectivity index (χ0v) is 9.38. The molecule has 1 rings (SSSR count). The number of nitrogens with two attached hydrogens (primary N) is 2. The van der Waals surface area contributed by atoms with Crippen LogP contribution in [0, 0.1) is 0 Å². The van der Waals surface area contributed by atoms with E-state index >= 15 is 0 Å². The molecule has 0 amide bonds. The third-order valence-electron chi connectivity index (χ3n) is 3.37. The van der Waals surface area contributed by atoms with E-state index in [-0.39, 0.29) is 12.1 Å². The number of rotatable bonds is 0. The summed E-state index contributed by atoms with van der Waals surface area (Å²) in [5, 5.41) is 0. The van der Waals surface area contributed by atoms with Crippen molar-refractivity contribution in [3.05, 3.63) is 0 Å². The van der Waals surface area contributed by atoms with E-state index in [0.29, 0.717) is 0 Å². The first-order chi connectivity index (χ1) is 6.80. The second-order valence-corrected chi connectivity index (χ2v) is 4.73. The molecule has 1 aliphatic rings. The van der Waals surface area contributed by atoms with Crippen molar-refractivity contribution in [3.63, 3.8) is 0 Å². The highest BCUT2D eigenvalue weighted by molar-refractivity contribution is 4.76. The summed E-state index contributed by atoms with van der Waals surface area (Å²) in [6.07, 6.45) is 13.1. The van der Waals surface area contributed by atoms with E-state index < -0.39 is 0 Å². The summed E-state index contributed by atoms with van der Waals surface area (Å²) in [6, 6.07) is 0.490. The predicted octanol–water partition coefficient (Wildman–Crippen LogP) is 2.56. The van der Waals surface area contributed by atoms with Crippen molar-refractivity contribution >= 4 is 0 Å². The third-order valence-corrected chi connectivity index (χ3v) is 3.37. The molecule has 0 bridgehead atoms. The van der Waals surface area contributed by atoms with Crippen LogP contribution in [0.15, 0.2) is 0 Å². The van der Waals surface area contributed by atoms with Crippen molar-refractivity contribution in [1.29, 1.82) is 0 Å². The molecule has 0 aromatic carbocycles. The molecule has 1 saturated carbocycles. The first kappa shape index (κ1) is 12.0. The maximum Gasteiger partial charge on any atom is 0.0192 e. The van der Waals surface area contributed by atoms with Gasteiger partial charge in [0.05, 0.1) is 0 Å². The van der Waals surface area contributed by atoms with Crippen LogP contribution in [-0.2, 0) is 0 Å². The molecule has 0 aromatic rings. The molecule has 0 aliphatic heterocycles. The van der Waals surface area contributed by atoms with E-state index in [2.05, 4.69) is 0 Å². The molecule has 2 nitrogen and oxygen atoms in total. The maximum absolute atomic E-state index is 6.03. The fraction of sp³-hybridized carbons (Fsp3) is 1.00. The molecule has 1 aliphatic carbocycles. The Bertz CT molecular complexity index is 120. The van der Waals surface area contributed by atoms with Gasteiger partial charge in [0.15, 0.2) is 0 Å². The Morgan fingerprint density at radius 3 is 1.14 bits per heavy atom. The summed E-state index contributed by atoms with van der Waals surface area (Å²) in [7, 11) is 0. The highest BCUT2D eigenvalue weighted by Crippen LogP contribution is 2.15. The lowest BCUT2D eigenvalue weighted by Gasteiger charge is -2.20. The van der Waals surface area contributed by atoms with Crippen molar-refractivity contribution in [3.8, 4) is 0 Å². The van der Waals surface area contributed by atoms with Gasteiger partial charge in [0.2, 0.25) is 0 Å². The molecule has 0 saturated heterocycles. The van der Waals surface area contributed by atoms with Gasteiger partial charge in [0.1, 0.15) is 0 Å². The van der Waals surface area contributed by atoms with E-state index in [9.17, 15) is 0 Å². The standard InChI is InChI=1S/C12H26N2/c13-11-9-7-5-3-1-2-4-6-8-10-12(11)14/h11-12H,1-10,13-14H2. The summed E-state index contributed by atoms with van der Waals surface area (Å²) >= 11 is 0. The Kier molecular flexibility index (Phi) is 6.20. The summed E-state index contributed by atoms with van der Waals surface area (Å²) in [5.74, 6) is 0. The van der Waals surface area contributed by atoms with Crippen LogP contribution in [0.3, 0.4) is 0 Å². The molecule has 14 heavy (non-hydrogen) atoms. The highest BCUT2D eigenvalue weighted by atomic mass is 14.8. The number of hydrogen-bond donors (Lipinski definition) is 2. The van der Waals surface area contributed by atoms with Crippen molar-refractivity contribution in [2.75, 3.05) is 0 Å². The lowest BCUT2D eigenvalue weighted by Crippen LogP contribution is -2.41. The van der Waals surface area contributed by atoms with Crippen molar-refractivity contribution in [2.45, 2.75) is 76.3 Å². The fourth-order valence-electron chi connectivity index (χ4n) is 2.25. The minimum absolute atomic E-state index is 0.245. The van der Waals surface area contributed by atoms with Gasteiger partial charge in [-0.1, -0.05) is 51.4 Å². The number of hydrogen-bond acceptors (Lipinski definition) is 2. The van der Waals surface area contributed by atoms with Crippen LogP contribution in [0.4, 0.5) is 0 Å². The predicted molar refractivity (Wildman–Crippen MR) is 62.1 cm³/mol. The average Bonchev–Trinajstić information content (AvgIpc) is 2.18. The van der Waals surface area contributed by atoms with Crippen molar-refractivity contribution in [2.24, 2.45) is 11.5 Å². The van der Waals surface area contributed by atoms with Crippen LogP contribution in [0.5, 0.6) is 0 Å². The van der Waals surface area contributed by atoms with Crippen LogP contribution in [-0.4, -0.2) is 12.1 Å². The molecule has 2 heteroatoms. The second-order valence-electron chi connectivity index (χ2n) is 4.73. The van der Waals surface area contributed by atoms with Gasteiger partial charge in [-0.3, -0.25) is 0 Å². The molecule has 2 atom stereocenters. The van der Waals surface area contributed by atoms with Gasteiger partial charge in [-0.25, -0.2) is 0 Å². The van der Waals surface area contributed by atoms with Gasteiger partial charge >= 0.3 is 0 Å². The maximum atomic E-state index is 6.03. The molecular formula is C12H26N2. The Morgan fingerprint density at radius 2 is 0.786 bits per heavy atom. The zero-order valence-electron chi connectivity index (χ0n) is 9.38. The monoisotopic (exact) mass is 198 g/mol. The summed E-state index contributed by atoms with van der Waals surface area (Å²) in [6.45, 7) is 0. The van der Waals surface area contributed by atoms with Gasteiger partial charge < -0.3 is 11.5 Å². The normalized spacial score (nSPS) is 33.0. The van der Waals surface area contributed by atoms with E-state index in [1.165, 1.54) is 51.4 Å². The molecule has 1 fully saturated rings. The lowest BCUT2D eigenvalue weighted by molar-refractivity contribution is 0.419. The van der Waals surface area contributed by atoms with Gasteiger partial charge in [0, 0.05) is 12.1 Å². The van der Waals surface area contributed by atoms with Gasteiger partial charge in [-0.05, 0) is 12.8 Å². The van der Waals surface area contributed by atoms with E-state index in [1.807, 2.05) is 0 Å². The first-order valence-corrected chi connectivity index (χ1v) is 6.32. The minimum Gasteiger partial charge on any atom is -0.326 e. The topological polar surface area (TPSA) is 52.0 Å². The molecule has 0 heterocycles. The summed E-state index contributed by atoms with van der Waals surface area (Å²) in [4.78, 5) is 0. The Labute approximate surface area is 88.4 Å². The molecule has 4 N–H and O–H groups in total. The van der Waals surface area contributed by atoms with Crippen LogP contribution < -0.4 is 11.5 Å². The third kappa shape index (κ3) is 4.97. The fourth-order valence-corrected chi connectivity index (χ4v) is 2.25. The largest absolute Gasteiger partial charge is 0.326 e.